The van der Waals surface area contributed by atoms with Gasteiger partial charge in [0.25, 0.3) is 0 Å². The maximum absolute atomic E-state index is 13.4. The largest absolute Gasteiger partial charge is 0.495 e. The van der Waals surface area contributed by atoms with Gasteiger partial charge in [-0.2, -0.15) is 0 Å². The molecular formula is C38H55ClN6O3P+. The molecule has 3 aliphatic rings. The zero-order valence-corrected chi connectivity index (χ0v) is 31.3. The number of hydrogen-bond acceptors (Lipinski definition) is 7. The molecular weight excluding hydrogens is 655 g/mol. The number of carbonyl (C=O) groups excluding carboxylic acids is 1. The Morgan fingerprint density at radius 3 is 2.43 bits per heavy atom. The highest BCUT2D eigenvalue weighted by atomic mass is 35.5. The Hall–Kier alpha value is -2.99. The van der Waals surface area contributed by atoms with E-state index in [1.807, 2.05) is 49.7 Å². The van der Waals surface area contributed by atoms with Crippen molar-refractivity contribution in [2.24, 2.45) is 0 Å². The topological polar surface area (TPSA) is 94.7 Å². The Morgan fingerprint density at radius 1 is 1.06 bits per heavy atom. The molecule has 2 heterocycles. The average molecular weight is 710 g/mol. The Morgan fingerprint density at radius 2 is 1.76 bits per heavy atom. The monoisotopic (exact) mass is 709 g/mol. The number of carbonyl (C=O) groups is 1. The van der Waals surface area contributed by atoms with Crippen molar-refractivity contribution in [3.63, 3.8) is 0 Å². The molecule has 2 saturated heterocycles. The number of amides is 1. The van der Waals surface area contributed by atoms with Crippen LogP contribution >= 0.6 is 18.7 Å². The molecule has 3 fully saturated rings. The van der Waals surface area contributed by atoms with Crippen molar-refractivity contribution in [3.8, 4) is 17.6 Å². The van der Waals surface area contributed by atoms with Crippen molar-refractivity contribution >= 4 is 47.0 Å². The Kier molecular flexibility index (Phi) is 12.8. The van der Waals surface area contributed by atoms with Gasteiger partial charge in [0.05, 0.1) is 43.7 Å². The maximum atomic E-state index is 13.4. The Bertz CT molecular complexity index is 1570. The summed E-state index contributed by atoms with van der Waals surface area (Å²) in [4.78, 5) is 14.9. The van der Waals surface area contributed by atoms with E-state index in [1.165, 1.54) is 38.2 Å². The summed E-state index contributed by atoms with van der Waals surface area (Å²) < 4.78 is 20.0. The Labute approximate surface area is 298 Å². The fraction of sp³-hybridized carbons (Fsp3) is 0.553. The molecule has 1 amide bonds. The predicted molar refractivity (Wildman–Crippen MR) is 205 cm³/mol. The normalized spacial score (nSPS) is 22.8. The molecule has 4 N–H and O–H groups in total. The molecule has 0 aromatic heterocycles. The number of anilines is 3. The minimum Gasteiger partial charge on any atom is -0.495 e. The van der Waals surface area contributed by atoms with Gasteiger partial charge in [0, 0.05) is 29.6 Å². The third kappa shape index (κ3) is 9.03. The minimum absolute atomic E-state index is 0.154. The first-order valence-electron chi connectivity index (χ1n) is 17.8. The van der Waals surface area contributed by atoms with Gasteiger partial charge in [-0.3, -0.25) is 14.2 Å². The summed E-state index contributed by atoms with van der Waals surface area (Å²) in [5.74, 6) is 6.98. The first-order chi connectivity index (χ1) is 23.6. The van der Waals surface area contributed by atoms with Gasteiger partial charge >= 0.3 is 0 Å². The second-order valence-corrected chi connectivity index (χ2v) is 17.9. The summed E-state index contributed by atoms with van der Waals surface area (Å²) in [6.07, 6.45) is 11.5. The van der Waals surface area contributed by atoms with Gasteiger partial charge in [-0.05, 0) is 83.2 Å². The van der Waals surface area contributed by atoms with E-state index in [0.29, 0.717) is 40.6 Å². The number of nitrogens with one attached hydrogen (secondary N) is 4. The van der Waals surface area contributed by atoms with Gasteiger partial charge in [0.1, 0.15) is 18.3 Å². The number of nitrogens with zero attached hydrogens (tertiary/aromatic N) is 2. The summed E-state index contributed by atoms with van der Waals surface area (Å²) in [6, 6.07) is 12.3. The van der Waals surface area contributed by atoms with Crippen LogP contribution in [0.15, 0.2) is 49.1 Å². The summed E-state index contributed by atoms with van der Waals surface area (Å²) in [5, 5.41) is 15.0. The molecule has 3 unspecified atom stereocenters. The molecule has 2 aliphatic heterocycles. The van der Waals surface area contributed by atoms with E-state index < -0.39 is 7.14 Å². The number of benzene rings is 2. The Balaban J connectivity index is 1.51. The second kappa shape index (κ2) is 16.8. The molecule has 0 bridgehead atoms. The van der Waals surface area contributed by atoms with Gasteiger partial charge in [-0.1, -0.05) is 49.8 Å². The summed E-state index contributed by atoms with van der Waals surface area (Å²) in [6.45, 7) is 10.3. The van der Waals surface area contributed by atoms with Crippen LogP contribution in [0.1, 0.15) is 63.4 Å². The number of halogens is 1. The predicted octanol–water partition coefficient (Wildman–Crippen LogP) is 6.42. The van der Waals surface area contributed by atoms with Crippen molar-refractivity contribution < 1.29 is 18.6 Å². The number of ether oxygens (including phenoxy) is 1. The van der Waals surface area contributed by atoms with E-state index in [1.54, 1.807) is 7.11 Å². The van der Waals surface area contributed by atoms with E-state index in [4.69, 9.17) is 16.3 Å². The zero-order chi connectivity index (χ0) is 35.0. The van der Waals surface area contributed by atoms with Crippen LogP contribution < -0.4 is 31.3 Å². The van der Waals surface area contributed by atoms with Gasteiger partial charge in [0.15, 0.2) is 6.17 Å². The molecule has 9 nitrogen and oxygen atoms in total. The van der Waals surface area contributed by atoms with Gasteiger partial charge in [-0.25, -0.2) is 5.32 Å². The number of quaternary nitrogens is 1. The second-order valence-electron chi connectivity index (χ2n) is 14.2. The van der Waals surface area contributed by atoms with Crippen LogP contribution in [0.5, 0.6) is 5.75 Å². The number of para-hydroxylation sites is 1. The van der Waals surface area contributed by atoms with E-state index >= 15 is 0 Å². The quantitative estimate of drug-likeness (QED) is 0.0744. The van der Waals surface area contributed by atoms with Crippen LogP contribution in [0.3, 0.4) is 0 Å². The number of hydrogen-bond donors (Lipinski definition) is 4. The van der Waals surface area contributed by atoms with Crippen molar-refractivity contribution in [1.82, 2.24) is 10.2 Å². The van der Waals surface area contributed by atoms with E-state index in [-0.39, 0.29) is 23.7 Å². The van der Waals surface area contributed by atoms with Crippen LogP contribution in [0.4, 0.5) is 17.1 Å². The highest BCUT2D eigenvalue weighted by Crippen LogP contribution is 2.40. The number of methoxy groups -OCH3 is 1. The fourth-order valence-electron chi connectivity index (χ4n) is 7.75. The minimum atomic E-state index is -2.55. The molecule has 1 saturated carbocycles. The zero-order valence-electron chi connectivity index (χ0n) is 29.7. The van der Waals surface area contributed by atoms with Crippen LogP contribution in [0.2, 0.25) is 0 Å². The van der Waals surface area contributed by atoms with Crippen LogP contribution in [-0.4, -0.2) is 92.8 Å². The lowest BCUT2D eigenvalue weighted by Crippen LogP contribution is -2.78. The SMILES string of the molecule is C=CC(=O)Nc1cc(NC2NCC(Cl)C(Nc3ccccc3P(C)(C)=O)[N+]23CCCCCCC3)c(OC)cc1C#CCN(C)C1CCCC1. The number of alkyl halides is 1. The lowest BCUT2D eigenvalue weighted by atomic mass is 10.0. The maximum Gasteiger partial charge on any atom is 0.247 e. The first kappa shape index (κ1) is 37.3. The highest BCUT2D eigenvalue weighted by molar-refractivity contribution is 7.70. The van der Waals surface area contributed by atoms with Gasteiger partial charge < -0.3 is 25.3 Å². The molecule has 1 aliphatic carbocycles. The third-order valence-electron chi connectivity index (χ3n) is 10.4. The first-order valence-corrected chi connectivity index (χ1v) is 20.9. The molecule has 0 radical (unpaired) electrons. The van der Waals surface area contributed by atoms with Crippen LogP contribution in [0, 0.1) is 11.8 Å². The smallest absolute Gasteiger partial charge is 0.247 e. The lowest BCUT2D eigenvalue weighted by Gasteiger charge is -2.55. The van der Waals surface area contributed by atoms with Crippen LogP contribution in [-0.2, 0) is 9.36 Å². The van der Waals surface area contributed by atoms with Gasteiger partial charge in [0.2, 0.25) is 12.2 Å². The van der Waals surface area contributed by atoms with Crippen molar-refractivity contribution in [2.75, 3.05) is 69.6 Å². The molecule has 49 heavy (non-hydrogen) atoms. The highest BCUT2D eigenvalue weighted by Gasteiger charge is 2.51. The lowest BCUT2D eigenvalue weighted by molar-refractivity contribution is -0.974. The van der Waals surface area contributed by atoms with Crippen molar-refractivity contribution in [2.45, 2.75) is 81.7 Å². The molecule has 2 aromatic rings. The van der Waals surface area contributed by atoms with Gasteiger partial charge in [-0.15, -0.1) is 11.6 Å². The molecule has 3 atom stereocenters. The molecule has 2 aromatic carbocycles. The summed E-state index contributed by atoms with van der Waals surface area (Å²) >= 11 is 7.24. The fourth-order valence-corrected chi connectivity index (χ4v) is 9.29. The van der Waals surface area contributed by atoms with Crippen molar-refractivity contribution in [3.05, 3.63) is 54.6 Å². The molecule has 5 rings (SSSR count). The third-order valence-corrected chi connectivity index (χ3v) is 12.4. The van der Waals surface area contributed by atoms with E-state index in [2.05, 4.69) is 51.6 Å². The molecule has 1 spiro atoms. The average Bonchev–Trinajstić information content (AvgIpc) is 3.61. The summed E-state index contributed by atoms with van der Waals surface area (Å²) in [5.41, 5.74) is 2.90. The molecule has 266 valence electrons. The standard InChI is InChI=1S/C38H54ClN6O3P/c1-6-36(46)41-32-26-33(34(48-3)25-28(32)17-16-22-44(2)29-18-10-11-19-29)43-38-40-27-30(39)37(45(38)23-14-8-7-9-15-24-45)42-31-20-12-13-21-35(31)49(4,5)47/h6,12-13,20-21,25-26,29-30,37-38,40,43H,1,7-11,14-15,18-19,22-24,27H2,2-5H3,(H-,41,42,46,47)/p+1. The number of rotatable bonds is 10. The summed E-state index contributed by atoms with van der Waals surface area (Å²) in [7, 11) is 1.24. The van der Waals surface area contributed by atoms with Crippen molar-refractivity contribution in [1.29, 1.82) is 0 Å². The van der Waals surface area contributed by atoms with E-state index in [0.717, 1.165) is 55.5 Å². The molecule has 11 heteroatoms. The van der Waals surface area contributed by atoms with E-state index in [9.17, 15) is 9.36 Å². The van der Waals surface area contributed by atoms with Crippen LogP contribution in [0.25, 0.3) is 0 Å².